The molecule has 0 bridgehead atoms. The summed E-state index contributed by atoms with van der Waals surface area (Å²) in [6, 6.07) is 5.75. The van der Waals surface area contributed by atoms with Crippen molar-refractivity contribution in [2.75, 3.05) is 99.2 Å². The highest BCUT2D eigenvalue weighted by Gasteiger charge is 2.32. The third-order valence-electron chi connectivity index (χ3n) is 6.27. The van der Waals surface area contributed by atoms with Crippen molar-refractivity contribution in [2.45, 2.75) is 18.6 Å². The maximum atomic E-state index is 13.7. The van der Waals surface area contributed by atoms with E-state index in [0.717, 1.165) is 5.56 Å². The molecule has 0 saturated carbocycles. The lowest BCUT2D eigenvalue weighted by Gasteiger charge is -2.32. The van der Waals surface area contributed by atoms with Gasteiger partial charge in [0.1, 0.15) is 0 Å². The summed E-state index contributed by atoms with van der Waals surface area (Å²) in [6.07, 6.45) is 1.68. The highest BCUT2D eigenvalue weighted by atomic mass is 16.7. The van der Waals surface area contributed by atoms with E-state index in [0.29, 0.717) is 90.5 Å². The summed E-state index contributed by atoms with van der Waals surface area (Å²) in [5, 5.41) is 8.91. The van der Waals surface area contributed by atoms with Crippen molar-refractivity contribution in [3.8, 4) is 11.5 Å². The number of ether oxygens (including phenoxy) is 9. The van der Waals surface area contributed by atoms with Crippen LogP contribution in [0.4, 0.5) is 0 Å². The topological polar surface area (TPSA) is 124 Å². The number of aliphatic hydroxyl groups is 1. The van der Waals surface area contributed by atoms with Crippen LogP contribution >= 0.6 is 0 Å². The summed E-state index contributed by atoms with van der Waals surface area (Å²) >= 11 is 0. The molecule has 2 atom stereocenters. The Morgan fingerprint density at radius 3 is 2.23 bits per heavy atom. The van der Waals surface area contributed by atoms with Crippen LogP contribution in [0.15, 0.2) is 30.0 Å². The van der Waals surface area contributed by atoms with Gasteiger partial charge in [-0.05, 0) is 23.8 Å². The average molecular weight is 554 g/mol. The molecule has 4 rings (SSSR count). The first-order valence-corrected chi connectivity index (χ1v) is 13.4. The molecule has 0 unspecified atom stereocenters. The molecule has 3 aliphatic heterocycles. The fourth-order valence-electron chi connectivity index (χ4n) is 4.27. The van der Waals surface area contributed by atoms with Crippen molar-refractivity contribution in [2.24, 2.45) is 0 Å². The van der Waals surface area contributed by atoms with Crippen LogP contribution in [0.5, 0.6) is 11.5 Å². The number of hydrogen-bond donors (Lipinski definition) is 1. The summed E-state index contributed by atoms with van der Waals surface area (Å²) in [5.41, 5.74) is 0.960. The molecule has 1 saturated heterocycles. The van der Waals surface area contributed by atoms with E-state index in [4.69, 9.17) is 47.7 Å². The largest absolute Gasteiger partial charge is 0.459 e. The lowest BCUT2D eigenvalue weighted by molar-refractivity contribution is -0.157. The standard InChI is InChI=1S/C27H39NO11/c29-5-8-33-15-16-36-26-19-22(21-1-2-23-24(17-21)38-20-37-23)18-25(39-26)27(30)28-3-6-31-9-11-34-13-14-35-12-10-32-7-4-28/h1-2,17-18,22,26,29H,3-16,19-20H2/t22-,26+/m0/s1. The Morgan fingerprint density at radius 2 is 1.54 bits per heavy atom. The highest BCUT2D eigenvalue weighted by Crippen LogP contribution is 2.38. The van der Waals surface area contributed by atoms with E-state index in [2.05, 4.69) is 0 Å². The van der Waals surface area contributed by atoms with Crippen LogP contribution in [-0.4, -0.2) is 121 Å². The second-order valence-electron chi connectivity index (χ2n) is 8.98. The minimum Gasteiger partial charge on any atom is -0.459 e. The normalized spacial score (nSPS) is 23.3. The lowest BCUT2D eigenvalue weighted by atomic mass is 9.92. The highest BCUT2D eigenvalue weighted by molar-refractivity contribution is 5.91. The van der Waals surface area contributed by atoms with Crippen LogP contribution in [0, 0.1) is 0 Å². The third-order valence-corrected chi connectivity index (χ3v) is 6.27. The van der Waals surface area contributed by atoms with E-state index in [9.17, 15) is 4.79 Å². The van der Waals surface area contributed by atoms with Gasteiger partial charge in [0.25, 0.3) is 5.91 Å². The molecule has 0 aromatic heterocycles. The van der Waals surface area contributed by atoms with E-state index in [1.165, 1.54) is 0 Å². The molecule has 1 aromatic carbocycles. The van der Waals surface area contributed by atoms with Crippen LogP contribution < -0.4 is 9.47 Å². The number of rotatable bonds is 8. The molecule has 39 heavy (non-hydrogen) atoms. The van der Waals surface area contributed by atoms with Gasteiger partial charge in [0.2, 0.25) is 13.1 Å². The smallest absolute Gasteiger partial charge is 0.288 e. The Bertz CT molecular complexity index is 896. The number of aliphatic hydroxyl groups excluding tert-OH is 1. The Kier molecular flexibility index (Phi) is 12.6. The predicted molar refractivity (Wildman–Crippen MR) is 137 cm³/mol. The van der Waals surface area contributed by atoms with Crippen molar-refractivity contribution < 1.29 is 52.5 Å². The summed E-state index contributed by atoms with van der Waals surface area (Å²) < 4.78 is 50.6. The van der Waals surface area contributed by atoms with Gasteiger partial charge < -0.3 is 52.6 Å². The average Bonchev–Trinajstić information content (AvgIpc) is 3.43. The number of benzene rings is 1. The fourth-order valence-corrected chi connectivity index (χ4v) is 4.27. The summed E-state index contributed by atoms with van der Waals surface area (Å²) in [4.78, 5) is 15.4. The van der Waals surface area contributed by atoms with Crippen LogP contribution in [0.1, 0.15) is 17.9 Å². The van der Waals surface area contributed by atoms with Crippen LogP contribution in [-0.2, 0) is 38.0 Å². The maximum absolute atomic E-state index is 13.7. The van der Waals surface area contributed by atoms with Crippen molar-refractivity contribution in [1.82, 2.24) is 4.90 Å². The molecule has 3 heterocycles. The maximum Gasteiger partial charge on any atom is 0.288 e. The fraction of sp³-hybridized carbons (Fsp3) is 0.667. The molecule has 0 radical (unpaired) electrons. The predicted octanol–water partition coefficient (Wildman–Crippen LogP) is 1.06. The SMILES string of the molecule is O=C(C1=C[C@H](c2ccc3c(c2)OCO3)C[C@H](OCCOCCO)O1)N1CCOCCOCCOCCOCC1. The van der Waals surface area contributed by atoms with Crippen molar-refractivity contribution >= 4 is 5.91 Å². The van der Waals surface area contributed by atoms with Gasteiger partial charge in [0.05, 0.1) is 79.3 Å². The molecule has 0 aliphatic carbocycles. The molecular weight excluding hydrogens is 514 g/mol. The number of allylic oxidation sites excluding steroid dienone is 1. The molecule has 1 fully saturated rings. The van der Waals surface area contributed by atoms with Crippen LogP contribution in [0.25, 0.3) is 0 Å². The summed E-state index contributed by atoms with van der Waals surface area (Å²) in [6.45, 7) is 5.14. The van der Waals surface area contributed by atoms with E-state index in [1.54, 1.807) is 4.90 Å². The molecule has 1 amide bonds. The van der Waals surface area contributed by atoms with Gasteiger partial charge >= 0.3 is 0 Å². The first kappa shape index (κ1) is 29.5. The first-order chi connectivity index (χ1) is 19.2. The molecular formula is C27H39NO11. The van der Waals surface area contributed by atoms with Crippen LogP contribution in [0.3, 0.4) is 0 Å². The van der Waals surface area contributed by atoms with Crippen molar-refractivity contribution in [1.29, 1.82) is 0 Å². The molecule has 1 aromatic rings. The number of nitrogens with zero attached hydrogens (tertiary/aromatic N) is 1. The zero-order chi connectivity index (χ0) is 27.1. The molecule has 218 valence electrons. The monoisotopic (exact) mass is 553 g/mol. The van der Waals surface area contributed by atoms with E-state index in [1.807, 2.05) is 24.3 Å². The molecule has 12 heteroatoms. The van der Waals surface area contributed by atoms with Gasteiger partial charge in [-0.25, -0.2) is 0 Å². The Hall–Kier alpha value is -2.45. The first-order valence-electron chi connectivity index (χ1n) is 13.4. The lowest BCUT2D eigenvalue weighted by Crippen LogP contribution is -2.40. The number of amides is 1. The summed E-state index contributed by atoms with van der Waals surface area (Å²) in [7, 11) is 0. The summed E-state index contributed by atoms with van der Waals surface area (Å²) in [5.74, 6) is 1.14. The second kappa shape index (κ2) is 16.6. The number of carbonyl (C=O) groups excluding carboxylic acids is 1. The quantitative estimate of drug-likeness (QED) is 0.465. The van der Waals surface area contributed by atoms with Crippen molar-refractivity contribution in [3.63, 3.8) is 0 Å². The van der Waals surface area contributed by atoms with Gasteiger partial charge in [-0.3, -0.25) is 4.79 Å². The molecule has 0 spiro atoms. The second-order valence-corrected chi connectivity index (χ2v) is 8.98. The van der Waals surface area contributed by atoms with E-state index >= 15 is 0 Å². The Labute approximate surface area is 228 Å². The van der Waals surface area contributed by atoms with E-state index in [-0.39, 0.29) is 44.2 Å². The van der Waals surface area contributed by atoms with Gasteiger partial charge in [-0.15, -0.1) is 0 Å². The minimum absolute atomic E-state index is 0.0587. The zero-order valence-electron chi connectivity index (χ0n) is 22.3. The number of hydrogen-bond acceptors (Lipinski definition) is 11. The molecule has 1 N–H and O–H groups in total. The Morgan fingerprint density at radius 1 is 0.872 bits per heavy atom. The zero-order valence-corrected chi connectivity index (χ0v) is 22.3. The van der Waals surface area contributed by atoms with Crippen LogP contribution in [0.2, 0.25) is 0 Å². The number of fused-ring (bicyclic) bond motifs is 1. The number of carbonyl (C=O) groups is 1. The van der Waals surface area contributed by atoms with Gasteiger partial charge in [0.15, 0.2) is 17.3 Å². The molecule has 3 aliphatic rings. The van der Waals surface area contributed by atoms with Crippen molar-refractivity contribution in [3.05, 3.63) is 35.6 Å². The van der Waals surface area contributed by atoms with Gasteiger partial charge in [-0.2, -0.15) is 0 Å². The molecule has 12 nitrogen and oxygen atoms in total. The van der Waals surface area contributed by atoms with Gasteiger partial charge in [0, 0.05) is 25.4 Å². The van der Waals surface area contributed by atoms with Gasteiger partial charge in [-0.1, -0.05) is 6.07 Å². The Balaban J connectivity index is 1.45. The van der Waals surface area contributed by atoms with E-state index < -0.39 is 6.29 Å². The minimum atomic E-state index is -0.660. The third kappa shape index (κ3) is 9.60.